The van der Waals surface area contributed by atoms with Crippen LogP contribution in [0.1, 0.15) is 30.0 Å². The minimum atomic E-state index is -0.553. The van der Waals surface area contributed by atoms with Gasteiger partial charge in [0.1, 0.15) is 17.5 Å². The molecule has 6 heteroatoms. The minimum Gasteiger partial charge on any atom is -0.378 e. The lowest BCUT2D eigenvalue weighted by Crippen LogP contribution is -2.36. The third-order valence-electron chi connectivity index (χ3n) is 5.93. The summed E-state index contributed by atoms with van der Waals surface area (Å²) in [4.78, 5) is 11.5. The van der Waals surface area contributed by atoms with E-state index in [4.69, 9.17) is 4.74 Å². The highest BCUT2D eigenvalue weighted by Gasteiger charge is 2.24. The molecule has 4 nitrogen and oxygen atoms in total. The van der Waals surface area contributed by atoms with E-state index in [1.54, 1.807) is 0 Å². The molecule has 2 aliphatic rings. The molecular weight excluding hydrogens is 396 g/mol. The molecule has 0 unspecified atom stereocenters. The zero-order valence-corrected chi connectivity index (χ0v) is 17.1. The largest absolute Gasteiger partial charge is 0.378 e. The number of hydrogen-bond acceptors (Lipinski definition) is 4. The number of anilines is 1. The van der Waals surface area contributed by atoms with E-state index in [1.165, 1.54) is 18.2 Å². The van der Waals surface area contributed by atoms with Gasteiger partial charge in [-0.1, -0.05) is 30.3 Å². The summed E-state index contributed by atoms with van der Waals surface area (Å²) in [5.74, 6) is -0.137. The van der Waals surface area contributed by atoms with Crippen molar-refractivity contribution in [3.8, 4) is 11.1 Å². The van der Waals surface area contributed by atoms with Crippen LogP contribution in [0.2, 0.25) is 0 Å². The number of hydrogen-bond donors (Lipinski definition) is 0. The lowest BCUT2D eigenvalue weighted by atomic mass is 10.00. The van der Waals surface area contributed by atoms with Crippen LogP contribution < -0.4 is 4.90 Å². The zero-order valence-electron chi connectivity index (χ0n) is 17.1. The van der Waals surface area contributed by atoms with Crippen LogP contribution in [0.3, 0.4) is 0 Å². The van der Waals surface area contributed by atoms with Gasteiger partial charge in [-0.3, -0.25) is 4.99 Å². The molecule has 3 aromatic rings. The van der Waals surface area contributed by atoms with Crippen molar-refractivity contribution in [1.82, 2.24) is 4.98 Å². The number of nitrogens with zero attached hydrogens (tertiary/aromatic N) is 3. The smallest absolute Gasteiger partial charge is 0.135 e. The average Bonchev–Trinajstić information content (AvgIpc) is 3.30. The molecule has 31 heavy (non-hydrogen) atoms. The van der Waals surface area contributed by atoms with Crippen LogP contribution in [-0.2, 0) is 4.74 Å². The molecule has 0 spiro atoms. The summed E-state index contributed by atoms with van der Waals surface area (Å²) in [6.07, 6.45) is 3.21. The normalized spacial score (nSPS) is 18.8. The lowest BCUT2D eigenvalue weighted by Gasteiger charge is -2.27. The molecule has 1 atom stereocenters. The van der Waals surface area contributed by atoms with Crippen LogP contribution in [0, 0.1) is 11.6 Å². The third-order valence-corrected chi connectivity index (χ3v) is 5.93. The molecule has 0 amide bonds. The van der Waals surface area contributed by atoms with Crippen molar-refractivity contribution in [1.29, 1.82) is 0 Å². The number of aromatic nitrogens is 1. The molecule has 2 aromatic carbocycles. The Bertz CT molecular complexity index is 1070. The Morgan fingerprint density at radius 1 is 0.871 bits per heavy atom. The topological polar surface area (TPSA) is 37.7 Å². The molecule has 3 heterocycles. The van der Waals surface area contributed by atoms with Gasteiger partial charge in [-0.25, -0.2) is 13.8 Å². The highest BCUT2D eigenvalue weighted by Crippen LogP contribution is 2.33. The van der Waals surface area contributed by atoms with E-state index in [-0.39, 0.29) is 11.6 Å². The number of aliphatic imine (C=N–C) groups is 1. The van der Waals surface area contributed by atoms with Gasteiger partial charge in [0.25, 0.3) is 0 Å². The molecule has 0 bridgehead atoms. The van der Waals surface area contributed by atoms with Gasteiger partial charge in [-0.2, -0.15) is 0 Å². The van der Waals surface area contributed by atoms with Gasteiger partial charge in [-0.05, 0) is 48.2 Å². The van der Waals surface area contributed by atoms with Crippen molar-refractivity contribution in [2.75, 3.05) is 31.2 Å². The zero-order chi connectivity index (χ0) is 21.2. The molecule has 158 valence electrons. The maximum atomic E-state index is 14.1. The van der Waals surface area contributed by atoms with Crippen LogP contribution in [-0.4, -0.2) is 37.0 Å². The van der Waals surface area contributed by atoms with E-state index in [0.29, 0.717) is 12.1 Å². The van der Waals surface area contributed by atoms with Crippen molar-refractivity contribution in [2.45, 2.75) is 18.9 Å². The standard InChI is InChI=1S/C25H23F2N3O/c26-20-2-1-3-21(27)25(20)23-10-9-22(29-23)18-6-4-17(5-7-18)19-8-11-24(28-16-19)30-12-14-31-15-13-30/h1-8,11,16,22H,9-10,12-15H2/t22-/m1/s1. The summed E-state index contributed by atoms with van der Waals surface area (Å²) in [7, 11) is 0. The quantitative estimate of drug-likeness (QED) is 0.584. The lowest BCUT2D eigenvalue weighted by molar-refractivity contribution is 0.122. The van der Waals surface area contributed by atoms with Gasteiger partial charge in [-0.15, -0.1) is 0 Å². The average molecular weight is 419 g/mol. The van der Waals surface area contributed by atoms with E-state index in [0.717, 1.165) is 55.2 Å². The molecule has 0 saturated carbocycles. The van der Waals surface area contributed by atoms with Crippen molar-refractivity contribution in [2.24, 2.45) is 4.99 Å². The number of morpholine rings is 1. The van der Waals surface area contributed by atoms with E-state index in [1.807, 2.05) is 24.4 Å². The Kier molecular flexibility index (Phi) is 5.47. The fourth-order valence-corrected chi connectivity index (χ4v) is 4.23. The second-order valence-electron chi connectivity index (χ2n) is 7.85. The van der Waals surface area contributed by atoms with Gasteiger partial charge in [0, 0.05) is 30.6 Å². The third kappa shape index (κ3) is 4.08. The first-order chi connectivity index (χ1) is 15.2. The molecule has 1 fully saturated rings. The number of halogens is 2. The molecular formula is C25H23F2N3O. The fourth-order valence-electron chi connectivity index (χ4n) is 4.23. The Hall–Kier alpha value is -3.12. The van der Waals surface area contributed by atoms with E-state index < -0.39 is 11.6 Å². The first-order valence-electron chi connectivity index (χ1n) is 10.6. The van der Waals surface area contributed by atoms with Gasteiger partial charge in [0.2, 0.25) is 0 Å². The molecule has 5 rings (SSSR count). The van der Waals surface area contributed by atoms with Gasteiger partial charge >= 0.3 is 0 Å². The Labute approximate surface area is 180 Å². The molecule has 1 saturated heterocycles. The highest BCUT2D eigenvalue weighted by molar-refractivity contribution is 6.02. The minimum absolute atomic E-state index is 0.00746. The summed E-state index contributed by atoms with van der Waals surface area (Å²) < 4.78 is 33.6. The summed E-state index contributed by atoms with van der Waals surface area (Å²) in [5.41, 5.74) is 3.69. The van der Waals surface area contributed by atoms with Crippen LogP contribution in [0.5, 0.6) is 0 Å². The predicted octanol–water partition coefficient (Wildman–Crippen LogP) is 5.19. The van der Waals surface area contributed by atoms with Crippen LogP contribution >= 0.6 is 0 Å². The second-order valence-corrected chi connectivity index (χ2v) is 7.85. The Morgan fingerprint density at radius 2 is 1.58 bits per heavy atom. The maximum Gasteiger partial charge on any atom is 0.135 e. The monoisotopic (exact) mass is 419 g/mol. The number of pyridine rings is 1. The van der Waals surface area contributed by atoms with E-state index >= 15 is 0 Å². The summed E-state index contributed by atoms with van der Waals surface area (Å²) >= 11 is 0. The highest BCUT2D eigenvalue weighted by atomic mass is 19.1. The van der Waals surface area contributed by atoms with Crippen molar-refractivity contribution in [3.63, 3.8) is 0 Å². The predicted molar refractivity (Wildman–Crippen MR) is 118 cm³/mol. The van der Waals surface area contributed by atoms with Crippen LogP contribution in [0.15, 0.2) is 65.8 Å². The molecule has 2 aliphatic heterocycles. The van der Waals surface area contributed by atoms with Crippen LogP contribution in [0.4, 0.5) is 14.6 Å². The van der Waals surface area contributed by atoms with Crippen LogP contribution in [0.25, 0.3) is 11.1 Å². The molecule has 0 radical (unpaired) electrons. The van der Waals surface area contributed by atoms with Gasteiger partial charge < -0.3 is 9.64 Å². The summed E-state index contributed by atoms with van der Waals surface area (Å²) in [6, 6.07) is 16.2. The maximum absolute atomic E-state index is 14.1. The Balaban J connectivity index is 1.32. The van der Waals surface area contributed by atoms with Gasteiger partial charge in [0.05, 0.1) is 24.8 Å². The van der Waals surface area contributed by atoms with Crippen molar-refractivity contribution < 1.29 is 13.5 Å². The molecule has 0 N–H and O–H groups in total. The van der Waals surface area contributed by atoms with Gasteiger partial charge in [0.15, 0.2) is 0 Å². The first-order valence-corrected chi connectivity index (χ1v) is 10.6. The molecule has 1 aromatic heterocycles. The number of ether oxygens (including phenoxy) is 1. The van der Waals surface area contributed by atoms with Crippen molar-refractivity contribution in [3.05, 3.63) is 83.6 Å². The SMILES string of the molecule is Fc1cccc(F)c1C1=N[C@@H](c2ccc(-c3ccc(N4CCOCC4)nc3)cc2)CC1. The first kappa shape index (κ1) is 19.8. The summed E-state index contributed by atoms with van der Waals surface area (Å²) in [5, 5.41) is 0. The van der Waals surface area contributed by atoms with E-state index in [9.17, 15) is 8.78 Å². The Morgan fingerprint density at radius 3 is 2.26 bits per heavy atom. The fraction of sp³-hybridized carbons (Fsp3) is 0.280. The van der Waals surface area contributed by atoms with E-state index in [2.05, 4.69) is 33.1 Å². The molecule has 0 aliphatic carbocycles. The number of rotatable bonds is 4. The number of benzene rings is 2. The van der Waals surface area contributed by atoms with Crippen molar-refractivity contribution >= 4 is 11.5 Å². The second kappa shape index (κ2) is 8.55. The summed E-state index contributed by atoms with van der Waals surface area (Å²) in [6.45, 7) is 3.20.